The van der Waals surface area contributed by atoms with Crippen molar-refractivity contribution in [1.29, 1.82) is 0 Å². The van der Waals surface area contributed by atoms with Gasteiger partial charge in [0.15, 0.2) is 0 Å². The Kier molecular flexibility index (Phi) is 5.15. The van der Waals surface area contributed by atoms with Gasteiger partial charge in [-0.3, -0.25) is 9.69 Å². The van der Waals surface area contributed by atoms with Gasteiger partial charge < -0.3 is 5.32 Å². The number of hydrogen-bond donors (Lipinski definition) is 1. The predicted octanol–water partition coefficient (Wildman–Crippen LogP) is 1.23. The van der Waals surface area contributed by atoms with Gasteiger partial charge in [-0.05, 0) is 37.5 Å². The lowest BCUT2D eigenvalue weighted by molar-refractivity contribution is -0.122. The van der Waals surface area contributed by atoms with Gasteiger partial charge in [-0.15, -0.1) is 0 Å². The van der Waals surface area contributed by atoms with Gasteiger partial charge in [0, 0.05) is 32.2 Å². The molecular weight excluding hydrogens is 350 g/mol. The van der Waals surface area contributed by atoms with E-state index in [9.17, 15) is 13.2 Å². The summed E-state index contributed by atoms with van der Waals surface area (Å²) in [4.78, 5) is 14.0. The molecule has 1 heterocycles. The van der Waals surface area contributed by atoms with Crippen molar-refractivity contribution in [3.63, 3.8) is 0 Å². The Morgan fingerprint density at radius 2 is 1.92 bits per heavy atom. The van der Waals surface area contributed by atoms with Crippen molar-refractivity contribution in [3.05, 3.63) is 28.8 Å². The van der Waals surface area contributed by atoms with Gasteiger partial charge in [-0.25, -0.2) is 8.42 Å². The molecule has 0 bridgehead atoms. The first kappa shape index (κ1) is 17.7. The number of rotatable bonds is 5. The lowest BCUT2D eigenvalue weighted by atomic mass is 10.2. The zero-order chi connectivity index (χ0) is 17.3. The van der Waals surface area contributed by atoms with Crippen LogP contribution in [0.5, 0.6) is 0 Å². The van der Waals surface area contributed by atoms with Crippen molar-refractivity contribution in [1.82, 2.24) is 14.5 Å². The van der Waals surface area contributed by atoms with E-state index in [4.69, 9.17) is 11.6 Å². The van der Waals surface area contributed by atoms with Crippen molar-refractivity contribution < 1.29 is 13.2 Å². The molecule has 1 aromatic carbocycles. The summed E-state index contributed by atoms with van der Waals surface area (Å²) in [6.45, 7) is 4.01. The van der Waals surface area contributed by atoms with Crippen molar-refractivity contribution in [2.75, 3.05) is 32.7 Å². The Bertz CT molecular complexity index is 726. The number of hydrogen-bond acceptors (Lipinski definition) is 4. The highest BCUT2D eigenvalue weighted by atomic mass is 35.5. The largest absolute Gasteiger partial charge is 0.352 e. The van der Waals surface area contributed by atoms with Crippen LogP contribution in [0.15, 0.2) is 23.1 Å². The van der Waals surface area contributed by atoms with E-state index >= 15 is 0 Å². The number of carbonyl (C=O) groups is 1. The van der Waals surface area contributed by atoms with Crippen LogP contribution in [0.4, 0.5) is 0 Å². The van der Waals surface area contributed by atoms with Crippen LogP contribution < -0.4 is 5.32 Å². The lowest BCUT2D eigenvalue weighted by Crippen LogP contribution is -2.51. The summed E-state index contributed by atoms with van der Waals surface area (Å²) in [5.41, 5.74) is 0.922. The number of nitrogens with zero attached hydrogens (tertiary/aromatic N) is 2. The van der Waals surface area contributed by atoms with E-state index in [-0.39, 0.29) is 15.8 Å². The molecule has 0 aromatic heterocycles. The van der Waals surface area contributed by atoms with Gasteiger partial charge in [-0.1, -0.05) is 17.7 Å². The van der Waals surface area contributed by atoms with E-state index < -0.39 is 10.0 Å². The highest BCUT2D eigenvalue weighted by molar-refractivity contribution is 7.89. The maximum absolute atomic E-state index is 12.7. The molecule has 132 valence electrons. The van der Waals surface area contributed by atoms with Crippen LogP contribution in [0.2, 0.25) is 5.02 Å². The molecule has 3 rings (SSSR count). The van der Waals surface area contributed by atoms with Crippen LogP contribution in [0, 0.1) is 6.92 Å². The summed E-state index contributed by atoms with van der Waals surface area (Å²) in [5, 5.41) is 3.20. The molecule has 6 nitrogen and oxygen atoms in total. The summed E-state index contributed by atoms with van der Waals surface area (Å²) in [6, 6.07) is 5.31. The molecule has 1 amide bonds. The van der Waals surface area contributed by atoms with Gasteiger partial charge in [-0.2, -0.15) is 4.31 Å². The molecule has 0 spiro atoms. The number of benzene rings is 1. The summed E-state index contributed by atoms with van der Waals surface area (Å²) in [5.74, 6) is 0.0235. The average molecular weight is 372 g/mol. The fraction of sp³-hybridized carbons (Fsp3) is 0.562. The maximum Gasteiger partial charge on any atom is 0.244 e. The summed E-state index contributed by atoms with van der Waals surface area (Å²) in [6.07, 6.45) is 2.13. The number of nitrogens with one attached hydrogen (secondary N) is 1. The molecule has 1 aliphatic heterocycles. The van der Waals surface area contributed by atoms with Crippen molar-refractivity contribution in [2.45, 2.75) is 30.7 Å². The van der Waals surface area contributed by atoms with Crippen molar-refractivity contribution in [3.8, 4) is 0 Å². The Morgan fingerprint density at radius 1 is 1.25 bits per heavy atom. The standard InChI is InChI=1S/C16H22ClN3O3S/c1-12-2-5-15(14(17)10-12)24(22,23)20-8-6-19(7-9-20)11-16(21)18-13-3-4-13/h2,5,10,13H,3-4,6-9,11H2,1H3,(H,18,21). The number of sulfonamides is 1. The molecule has 8 heteroatoms. The molecule has 24 heavy (non-hydrogen) atoms. The molecular formula is C16H22ClN3O3S. The van der Waals surface area contributed by atoms with Crippen LogP contribution in [-0.4, -0.2) is 62.3 Å². The first-order valence-corrected chi connectivity index (χ1v) is 9.96. The SMILES string of the molecule is Cc1ccc(S(=O)(=O)N2CCN(CC(=O)NC3CC3)CC2)c(Cl)c1. The van der Waals surface area contributed by atoms with E-state index in [1.54, 1.807) is 18.2 Å². The van der Waals surface area contributed by atoms with E-state index in [1.165, 1.54) is 4.31 Å². The first-order chi connectivity index (χ1) is 11.4. The fourth-order valence-electron chi connectivity index (χ4n) is 2.79. The zero-order valence-corrected chi connectivity index (χ0v) is 15.2. The minimum Gasteiger partial charge on any atom is -0.352 e. The Balaban J connectivity index is 1.59. The van der Waals surface area contributed by atoms with E-state index in [1.807, 2.05) is 11.8 Å². The molecule has 2 aliphatic rings. The quantitative estimate of drug-likeness (QED) is 0.845. The predicted molar refractivity (Wildman–Crippen MR) is 92.6 cm³/mol. The monoisotopic (exact) mass is 371 g/mol. The van der Waals surface area contributed by atoms with Crippen LogP contribution in [0.1, 0.15) is 18.4 Å². The number of halogens is 1. The second-order valence-electron chi connectivity index (χ2n) is 6.46. The third-order valence-electron chi connectivity index (χ3n) is 4.35. The Hall–Kier alpha value is -1.15. The molecule has 0 unspecified atom stereocenters. The average Bonchev–Trinajstić information content (AvgIpc) is 3.31. The number of amides is 1. The van der Waals surface area contributed by atoms with E-state index in [2.05, 4.69) is 5.32 Å². The van der Waals surface area contributed by atoms with Crippen LogP contribution in [-0.2, 0) is 14.8 Å². The van der Waals surface area contributed by atoms with Crippen LogP contribution in [0.3, 0.4) is 0 Å². The summed E-state index contributed by atoms with van der Waals surface area (Å²) in [7, 11) is -3.60. The van der Waals surface area contributed by atoms with Gasteiger partial charge >= 0.3 is 0 Å². The molecule has 1 aromatic rings. The Morgan fingerprint density at radius 3 is 2.50 bits per heavy atom. The first-order valence-electron chi connectivity index (χ1n) is 8.14. The van der Waals surface area contributed by atoms with E-state index in [0.29, 0.717) is 38.8 Å². The second-order valence-corrected chi connectivity index (χ2v) is 8.77. The molecule has 1 saturated carbocycles. The smallest absolute Gasteiger partial charge is 0.244 e. The summed E-state index contributed by atoms with van der Waals surface area (Å²) < 4.78 is 26.9. The molecule has 1 aliphatic carbocycles. The minimum atomic E-state index is -3.60. The lowest BCUT2D eigenvalue weighted by Gasteiger charge is -2.33. The summed E-state index contributed by atoms with van der Waals surface area (Å²) >= 11 is 6.12. The van der Waals surface area contributed by atoms with Crippen molar-refractivity contribution >= 4 is 27.5 Å². The number of carbonyl (C=O) groups excluding carboxylic acids is 1. The van der Waals surface area contributed by atoms with E-state index in [0.717, 1.165) is 18.4 Å². The molecule has 2 fully saturated rings. The highest BCUT2D eigenvalue weighted by Crippen LogP contribution is 2.26. The highest BCUT2D eigenvalue weighted by Gasteiger charge is 2.31. The van der Waals surface area contributed by atoms with Gasteiger partial charge in [0.25, 0.3) is 0 Å². The molecule has 0 radical (unpaired) electrons. The zero-order valence-electron chi connectivity index (χ0n) is 13.7. The molecule has 1 saturated heterocycles. The second kappa shape index (κ2) is 7.00. The Labute approximate surface area is 147 Å². The van der Waals surface area contributed by atoms with Crippen LogP contribution in [0.25, 0.3) is 0 Å². The van der Waals surface area contributed by atoms with Gasteiger partial charge in [0.2, 0.25) is 15.9 Å². The minimum absolute atomic E-state index is 0.0235. The molecule has 0 atom stereocenters. The van der Waals surface area contributed by atoms with Gasteiger partial charge in [0.05, 0.1) is 11.6 Å². The fourth-order valence-corrected chi connectivity index (χ4v) is 4.78. The van der Waals surface area contributed by atoms with Crippen molar-refractivity contribution in [2.24, 2.45) is 0 Å². The third-order valence-corrected chi connectivity index (χ3v) is 6.73. The number of aryl methyl sites for hydroxylation is 1. The maximum atomic E-state index is 12.7. The third kappa shape index (κ3) is 4.08. The van der Waals surface area contributed by atoms with Gasteiger partial charge in [0.1, 0.15) is 4.90 Å². The van der Waals surface area contributed by atoms with Crippen LogP contribution >= 0.6 is 11.6 Å². The normalized spacial score (nSPS) is 20.1. The topological polar surface area (TPSA) is 69.7 Å². The number of piperazine rings is 1. The molecule has 1 N–H and O–H groups in total.